The molecule has 2 fully saturated rings. The van der Waals surface area contributed by atoms with Crippen molar-refractivity contribution in [2.24, 2.45) is 5.92 Å². The van der Waals surface area contributed by atoms with Gasteiger partial charge in [0, 0.05) is 45.1 Å². The van der Waals surface area contributed by atoms with Gasteiger partial charge < -0.3 is 15.0 Å². The third-order valence-electron chi connectivity index (χ3n) is 3.74. The number of rotatable bonds is 2. The Morgan fingerprint density at radius 3 is 3.19 bits per heavy atom. The largest absolute Gasteiger partial charge is 0.375 e. The first kappa shape index (κ1) is 9.99. The van der Waals surface area contributed by atoms with E-state index < -0.39 is 0 Å². The lowest BCUT2D eigenvalue weighted by Crippen LogP contribution is -2.41. The zero-order valence-electron chi connectivity index (χ0n) is 9.39. The van der Waals surface area contributed by atoms with Crippen LogP contribution in [-0.2, 0) is 4.74 Å². The van der Waals surface area contributed by atoms with Crippen LogP contribution in [0.3, 0.4) is 0 Å². The first-order chi connectivity index (χ1) is 7.84. The predicted octanol–water partition coefficient (Wildman–Crippen LogP) is -0.0988. The van der Waals surface area contributed by atoms with Crippen molar-refractivity contribution in [3.63, 3.8) is 0 Å². The molecule has 0 radical (unpaired) electrons. The van der Waals surface area contributed by atoms with Gasteiger partial charge >= 0.3 is 0 Å². The van der Waals surface area contributed by atoms with Gasteiger partial charge in [-0.1, -0.05) is 0 Å². The second-order valence-corrected chi connectivity index (χ2v) is 4.54. The van der Waals surface area contributed by atoms with E-state index in [0.717, 1.165) is 32.0 Å². The van der Waals surface area contributed by atoms with Crippen molar-refractivity contribution in [1.82, 2.24) is 15.3 Å². The molecule has 0 spiro atoms. The molecule has 2 unspecified atom stereocenters. The van der Waals surface area contributed by atoms with Gasteiger partial charge in [-0.05, 0) is 0 Å². The van der Waals surface area contributed by atoms with Crippen LogP contribution in [-0.4, -0.2) is 48.9 Å². The van der Waals surface area contributed by atoms with E-state index in [4.69, 9.17) is 4.74 Å². The Bertz CT molecular complexity index is 372. The molecule has 5 nitrogen and oxygen atoms in total. The van der Waals surface area contributed by atoms with Gasteiger partial charge in [-0.2, -0.15) is 0 Å². The molecule has 1 aromatic heterocycles. The number of ether oxygens (including phenoxy) is 1. The fraction of sp³-hybridized carbons (Fsp3) is 0.636. The van der Waals surface area contributed by atoms with Crippen molar-refractivity contribution in [2.75, 3.05) is 38.2 Å². The van der Waals surface area contributed by atoms with E-state index in [2.05, 4.69) is 20.2 Å². The van der Waals surface area contributed by atoms with Crippen molar-refractivity contribution in [2.45, 2.75) is 5.60 Å². The van der Waals surface area contributed by atoms with Gasteiger partial charge in [-0.3, -0.25) is 4.98 Å². The van der Waals surface area contributed by atoms with Crippen LogP contribution in [0, 0.1) is 5.92 Å². The van der Waals surface area contributed by atoms with Gasteiger partial charge in [-0.15, -0.1) is 0 Å². The number of methoxy groups -OCH3 is 1. The Balaban J connectivity index is 1.83. The van der Waals surface area contributed by atoms with Gasteiger partial charge in [0.05, 0.1) is 12.7 Å². The monoisotopic (exact) mass is 220 g/mol. The maximum atomic E-state index is 5.72. The molecule has 2 atom stereocenters. The average Bonchev–Trinajstić information content (AvgIpc) is 2.86. The molecule has 86 valence electrons. The number of fused-ring (bicyclic) bond motifs is 1. The van der Waals surface area contributed by atoms with E-state index in [1.807, 2.05) is 6.20 Å². The second-order valence-electron chi connectivity index (χ2n) is 4.54. The molecule has 0 saturated carbocycles. The minimum atomic E-state index is -0.0302. The fourth-order valence-corrected chi connectivity index (χ4v) is 2.79. The van der Waals surface area contributed by atoms with Crippen molar-refractivity contribution in [1.29, 1.82) is 0 Å². The molecule has 0 aromatic carbocycles. The maximum Gasteiger partial charge on any atom is 0.147 e. The van der Waals surface area contributed by atoms with Crippen molar-refractivity contribution in [3.8, 4) is 0 Å². The van der Waals surface area contributed by atoms with Gasteiger partial charge in [0.2, 0.25) is 0 Å². The normalized spacial score (nSPS) is 33.1. The van der Waals surface area contributed by atoms with Crippen LogP contribution >= 0.6 is 0 Å². The first-order valence-corrected chi connectivity index (χ1v) is 5.61. The van der Waals surface area contributed by atoms with Gasteiger partial charge in [-0.25, -0.2) is 4.98 Å². The highest BCUT2D eigenvalue weighted by atomic mass is 16.5. The summed E-state index contributed by atoms with van der Waals surface area (Å²) in [6, 6.07) is 0. The van der Waals surface area contributed by atoms with E-state index in [1.165, 1.54) is 0 Å². The molecule has 16 heavy (non-hydrogen) atoms. The lowest BCUT2D eigenvalue weighted by Gasteiger charge is -2.26. The third kappa shape index (κ3) is 1.39. The number of anilines is 1. The van der Waals surface area contributed by atoms with Crippen LogP contribution in [0.1, 0.15) is 0 Å². The van der Waals surface area contributed by atoms with Crippen LogP contribution in [0.5, 0.6) is 0 Å². The van der Waals surface area contributed by atoms with E-state index in [1.54, 1.807) is 19.5 Å². The molecule has 0 aliphatic carbocycles. The summed E-state index contributed by atoms with van der Waals surface area (Å²) in [5, 5.41) is 3.40. The van der Waals surface area contributed by atoms with Crippen molar-refractivity contribution < 1.29 is 4.74 Å². The summed E-state index contributed by atoms with van der Waals surface area (Å²) in [5.41, 5.74) is -0.0302. The number of aromatic nitrogens is 2. The van der Waals surface area contributed by atoms with E-state index in [-0.39, 0.29) is 5.60 Å². The molecular weight excluding hydrogens is 204 g/mol. The second kappa shape index (κ2) is 3.68. The molecule has 1 N–H and O–H groups in total. The fourth-order valence-electron chi connectivity index (χ4n) is 2.79. The summed E-state index contributed by atoms with van der Waals surface area (Å²) in [6.07, 6.45) is 5.26. The zero-order chi connectivity index (χ0) is 11.0. The number of nitrogens with one attached hydrogen (secondary N) is 1. The Morgan fingerprint density at radius 1 is 1.56 bits per heavy atom. The minimum absolute atomic E-state index is 0.0302. The summed E-state index contributed by atoms with van der Waals surface area (Å²) >= 11 is 0. The van der Waals surface area contributed by atoms with Gasteiger partial charge in [0.25, 0.3) is 0 Å². The summed E-state index contributed by atoms with van der Waals surface area (Å²) in [5.74, 6) is 1.51. The summed E-state index contributed by atoms with van der Waals surface area (Å²) < 4.78 is 5.72. The standard InChI is InChI=1S/C11H16N4O/c1-16-11-7-13-4-9(11)6-15(8-11)10-5-12-2-3-14-10/h2-3,5,9,13H,4,6-8H2,1H3. The third-order valence-corrected chi connectivity index (χ3v) is 3.74. The Kier molecular flexibility index (Phi) is 2.29. The molecule has 1 aromatic rings. The maximum absolute atomic E-state index is 5.72. The molecule has 5 heteroatoms. The highest BCUT2D eigenvalue weighted by Gasteiger charge is 2.50. The minimum Gasteiger partial charge on any atom is -0.375 e. The Morgan fingerprint density at radius 2 is 2.50 bits per heavy atom. The van der Waals surface area contributed by atoms with E-state index in [9.17, 15) is 0 Å². The van der Waals surface area contributed by atoms with Crippen LogP contribution in [0.25, 0.3) is 0 Å². The number of hydrogen-bond acceptors (Lipinski definition) is 5. The summed E-state index contributed by atoms with van der Waals surface area (Å²) in [4.78, 5) is 10.7. The SMILES string of the molecule is COC12CNCC1CN(c1cnccn1)C2. The average molecular weight is 220 g/mol. The molecule has 3 rings (SSSR count). The first-order valence-electron chi connectivity index (χ1n) is 5.61. The lowest BCUT2D eigenvalue weighted by molar-refractivity contribution is 0.00151. The highest BCUT2D eigenvalue weighted by molar-refractivity contribution is 5.39. The van der Waals surface area contributed by atoms with Crippen LogP contribution in [0.15, 0.2) is 18.6 Å². The van der Waals surface area contributed by atoms with Crippen LogP contribution in [0.4, 0.5) is 5.82 Å². The van der Waals surface area contributed by atoms with Crippen molar-refractivity contribution >= 4 is 5.82 Å². The smallest absolute Gasteiger partial charge is 0.147 e. The Hall–Kier alpha value is -1.20. The Labute approximate surface area is 94.8 Å². The topological polar surface area (TPSA) is 50.3 Å². The number of nitrogens with zero attached hydrogens (tertiary/aromatic N) is 3. The van der Waals surface area contributed by atoms with E-state index >= 15 is 0 Å². The summed E-state index contributed by atoms with van der Waals surface area (Å²) in [7, 11) is 1.81. The van der Waals surface area contributed by atoms with Gasteiger partial charge in [0.15, 0.2) is 0 Å². The van der Waals surface area contributed by atoms with Gasteiger partial charge in [0.1, 0.15) is 11.4 Å². The molecule has 3 heterocycles. The molecule has 0 bridgehead atoms. The van der Waals surface area contributed by atoms with Crippen LogP contribution < -0.4 is 10.2 Å². The van der Waals surface area contributed by atoms with E-state index in [0.29, 0.717) is 5.92 Å². The number of hydrogen-bond donors (Lipinski definition) is 1. The molecular formula is C11H16N4O. The lowest BCUT2D eigenvalue weighted by atomic mass is 9.95. The predicted molar refractivity (Wildman–Crippen MR) is 60.3 cm³/mol. The zero-order valence-corrected chi connectivity index (χ0v) is 9.39. The molecule has 2 aliphatic heterocycles. The summed E-state index contributed by atoms with van der Waals surface area (Å²) in [6.45, 7) is 3.87. The quantitative estimate of drug-likeness (QED) is 0.754. The molecule has 2 saturated heterocycles. The van der Waals surface area contributed by atoms with Crippen molar-refractivity contribution in [3.05, 3.63) is 18.6 Å². The highest BCUT2D eigenvalue weighted by Crippen LogP contribution is 2.35. The molecule has 2 aliphatic rings. The van der Waals surface area contributed by atoms with Crippen LogP contribution in [0.2, 0.25) is 0 Å². The molecule has 0 amide bonds.